The third kappa shape index (κ3) is 5.83. The Bertz CT molecular complexity index is 1330. The summed E-state index contributed by atoms with van der Waals surface area (Å²) in [7, 11) is 0. The van der Waals surface area contributed by atoms with Crippen LogP contribution in [0, 0.1) is 0 Å². The summed E-state index contributed by atoms with van der Waals surface area (Å²) in [6.45, 7) is 3.23. The molecule has 8 heteroatoms. The molecular weight excluding hydrogens is 553 g/mol. The maximum Gasteiger partial charge on any atom is 0.253 e. The monoisotopic (exact) mass is 583 g/mol. The smallest absolute Gasteiger partial charge is 0.253 e. The van der Waals surface area contributed by atoms with Crippen LogP contribution in [-0.2, 0) is 15.6 Å². The van der Waals surface area contributed by atoms with Crippen LogP contribution in [0.15, 0.2) is 72.8 Å². The maximum absolute atomic E-state index is 13.8. The van der Waals surface area contributed by atoms with E-state index in [-0.39, 0.29) is 17.2 Å². The van der Waals surface area contributed by atoms with Crippen molar-refractivity contribution in [3.8, 4) is 0 Å². The zero-order chi connectivity index (χ0) is 27.5. The van der Waals surface area contributed by atoms with Crippen LogP contribution < -0.4 is 10.6 Å². The Kier molecular flexibility index (Phi) is 8.53. The number of nitrogens with zero attached hydrogens (tertiary/aromatic N) is 1. The summed E-state index contributed by atoms with van der Waals surface area (Å²) in [5.74, 6) is 0.0296. The molecule has 5 nitrogen and oxygen atoms in total. The molecular formula is C31H32Cl3N3O2. The van der Waals surface area contributed by atoms with Gasteiger partial charge in [0.15, 0.2) is 0 Å². The number of rotatable bonds is 7. The Morgan fingerprint density at radius 1 is 0.846 bits per heavy atom. The van der Waals surface area contributed by atoms with Crippen LogP contribution in [0.1, 0.15) is 47.2 Å². The van der Waals surface area contributed by atoms with Crippen molar-refractivity contribution in [1.29, 1.82) is 0 Å². The lowest BCUT2D eigenvalue weighted by Crippen LogP contribution is -2.51. The van der Waals surface area contributed by atoms with Gasteiger partial charge < -0.3 is 15.5 Å². The average Bonchev–Trinajstić information content (AvgIpc) is 3.41. The van der Waals surface area contributed by atoms with Gasteiger partial charge in [0.05, 0.1) is 15.5 Å². The average molecular weight is 585 g/mol. The summed E-state index contributed by atoms with van der Waals surface area (Å²) >= 11 is 18.7. The number of hydrogen-bond acceptors (Lipinski definition) is 3. The molecule has 2 amide bonds. The number of hydrogen-bond donors (Lipinski definition) is 2. The second kappa shape index (κ2) is 11.9. The highest BCUT2D eigenvalue weighted by atomic mass is 35.5. The van der Waals surface area contributed by atoms with Gasteiger partial charge in [0.1, 0.15) is 0 Å². The minimum atomic E-state index is -0.546. The van der Waals surface area contributed by atoms with Crippen molar-refractivity contribution < 1.29 is 9.59 Å². The van der Waals surface area contributed by atoms with Crippen LogP contribution >= 0.6 is 34.8 Å². The molecule has 2 saturated heterocycles. The van der Waals surface area contributed by atoms with Crippen LogP contribution in [0.3, 0.4) is 0 Å². The zero-order valence-electron chi connectivity index (χ0n) is 21.7. The Hall–Kier alpha value is -2.57. The molecule has 2 fully saturated rings. The van der Waals surface area contributed by atoms with Gasteiger partial charge in [0.25, 0.3) is 5.91 Å². The number of piperidine rings is 1. The molecule has 2 N–H and O–H groups in total. The van der Waals surface area contributed by atoms with Crippen LogP contribution in [0.2, 0.25) is 15.1 Å². The number of carbonyl (C=O) groups excluding carboxylic acids is 2. The van der Waals surface area contributed by atoms with Crippen LogP contribution in [-0.4, -0.2) is 49.4 Å². The van der Waals surface area contributed by atoms with Crippen molar-refractivity contribution in [2.45, 2.75) is 36.5 Å². The highest BCUT2D eigenvalue weighted by Crippen LogP contribution is 2.41. The van der Waals surface area contributed by atoms with E-state index in [1.165, 1.54) is 0 Å². The predicted octanol–water partition coefficient (Wildman–Crippen LogP) is 6.26. The van der Waals surface area contributed by atoms with Crippen molar-refractivity contribution in [3.05, 3.63) is 105 Å². The second-order valence-electron chi connectivity index (χ2n) is 10.6. The van der Waals surface area contributed by atoms with Gasteiger partial charge in [-0.1, -0.05) is 71.2 Å². The molecule has 0 radical (unpaired) electrons. The van der Waals surface area contributed by atoms with Gasteiger partial charge in [-0.05, 0) is 86.3 Å². The Labute approximate surface area is 244 Å². The quantitative estimate of drug-likeness (QED) is 0.345. The molecule has 0 saturated carbocycles. The molecule has 2 aliphatic heterocycles. The van der Waals surface area contributed by atoms with Gasteiger partial charge in [0, 0.05) is 35.6 Å². The Balaban J connectivity index is 1.36. The summed E-state index contributed by atoms with van der Waals surface area (Å²) < 4.78 is 0. The zero-order valence-corrected chi connectivity index (χ0v) is 24.0. The van der Waals surface area contributed by atoms with Crippen molar-refractivity contribution in [3.63, 3.8) is 0 Å². The van der Waals surface area contributed by atoms with Gasteiger partial charge in [-0.2, -0.15) is 0 Å². The molecule has 0 aliphatic carbocycles. The standard InChI is InChI=1S/C31H32Cl3N3O2/c32-25-9-6-22(7-10-25)28(38)37-19-15-30(21-37,24-8-11-26(33)27(34)20-24)12-18-36-29(39)31(13-16-35-17-14-31)23-4-2-1-3-5-23/h1-11,20,35H,12-19,21H2,(H,36,39). The molecule has 1 unspecified atom stereocenters. The van der Waals surface area contributed by atoms with Gasteiger partial charge in [0.2, 0.25) is 5.91 Å². The van der Waals surface area contributed by atoms with Crippen molar-refractivity contribution in [2.75, 3.05) is 32.7 Å². The molecule has 1 atom stereocenters. The number of carbonyl (C=O) groups is 2. The Morgan fingerprint density at radius 2 is 1.56 bits per heavy atom. The number of amides is 2. The second-order valence-corrected chi connectivity index (χ2v) is 11.8. The highest BCUT2D eigenvalue weighted by Gasteiger charge is 2.43. The fourth-order valence-electron chi connectivity index (χ4n) is 6.07. The number of benzene rings is 3. The molecule has 5 rings (SSSR count). The first-order chi connectivity index (χ1) is 18.8. The van der Waals surface area contributed by atoms with Gasteiger partial charge >= 0.3 is 0 Å². The maximum atomic E-state index is 13.8. The van der Waals surface area contributed by atoms with E-state index in [9.17, 15) is 9.59 Å². The number of halogens is 3. The predicted molar refractivity (Wildman–Crippen MR) is 158 cm³/mol. The van der Waals surface area contributed by atoms with E-state index in [2.05, 4.69) is 22.8 Å². The first-order valence-corrected chi connectivity index (χ1v) is 14.5. The third-order valence-corrected chi connectivity index (χ3v) is 9.36. The van der Waals surface area contributed by atoms with Crippen molar-refractivity contribution in [1.82, 2.24) is 15.5 Å². The highest BCUT2D eigenvalue weighted by molar-refractivity contribution is 6.42. The molecule has 39 heavy (non-hydrogen) atoms. The van der Waals surface area contributed by atoms with Gasteiger partial charge in [-0.15, -0.1) is 0 Å². The van der Waals surface area contributed by atoms with E-state index in [1.54, 1.807) is 24.3 Å². The summed E-state index contributed by atoms with van der Waals surface area (Å²) in [4.78, 5) is 29.0. The SMILES string of the molecule is O=C(c1ccc(Cl)cc1)N1CCC(CCNC(=O)C2(c3ccccc3)CCNCC2)(c2ccc(Cl)c(Cl)c2)C1. The lowest BCUT2D eigenvalue weighted by Gasteiger charge is -2.37. The third-order valence-electron chi connectivity index (χ3n) is 8.37. The van der Waals surface area contributed by atoms with E-state index in [1.807, 2.05) is 41.3 Å². The summed E-state index contributed by atoms with van der Waals surface area (Å²) in [5, 5.41) is 8.23. The lowest BCUT2D eigenvalue weighted by atomic mass is 9.72. The largest absolute Gasteiger partial charge is 0.355 e. The summed E-state index contributed by atoms with van der Waals surface area (Å²) in [5.41, 5.74) is 1.78. The minimum absolute atomic E-state index is 0.0321. The van der Waals surface area contributed by atoms with Crippen LogP contribution in [0.4, 0.5) is 0 Å². The molecule has 0 bridgehead atoms. The molecule has 3 aromatic rings. The molecule has 2 heterocycles. The molecule has 204 valence electrons. The molecule has 0 aromatic heterocycles. The topological polar surface area (TPSA) is 61.4 Å². The molecule has 3 aromatic carbocycles. The summed E-state index contributed by atoms with van der Waals surface area (Å²) in [6.07, 6.45) is 2.94. The van der Waals surface area contributed by atoms with E-state index in [0.29, 0.717) is 46.7 Å². The minimum Gasteiger partial charge on any atom is -0.355 e. The number of nitrogens with one attached hydrogen (secondary N) is 2. The van der Waals surface area contributed by atoms with Crippen molar-refractivity contribution >= 4 is 46.6 Å². The van der Waals surface area contributed by atoms with Gasteiger partial charge in [-0.3, -0.25) is 9.59 Å². The van der Waals surface area contributed by atoms with Crippen LogP contribution in [0.25, 0.3) is 0 Å². The van der Waals surface area contributed by atoms with E-state index in [4.69, 9.17) is 34.8 Å². The van der Waals surface area contributed by atoms with Crippen molar-refractivity contribution in [2.24, 2.45) is 0 Å². The van der Waals surface area contributed by atoms with E-state index >= 15 is 0 Å². The lowest BCUT2D eigenvalue weighted by molar-refractivity contribution is -0.127. The first kappa shape index (κ1) is 28.0. The van der Waals surface area contributed by atoms with Crippen LogP contribution in [0.5, 0.6) is 0 Å². The normalized spacial score (nSPS) is 20.5. The molecule has 0 spiro atoms. The number of likely N-dealkylation sites (tertiary alicyclic amines) is 1. The fraction of sp³-hybridized carbons (Fsp3) is 0.355. The van der Waals surface area contributed by atoms with E-state index in [0.717, 1.165) is 43.5 Å². The van der Waals surface area contributed by atoms with Gasteiger partial charge in [-0.25, -0.2) is 0 Å². The van der Waals surface area contributed by atoms with E-state index < -0.39 is 5.41 Å². The Morgan fingerprint density at radius 3 is 2.26 bits per heavy atom. The first-order valence-electron chi connectivity index (χ1n) is 13.4. The summed E-state index contributed by atoms with van der Waals surface area (Å²) in [6, 6.07) is 22.8. The fourth-order valence-corrected chi connectivity index (χ4v) is 6.50. The molecule has 2 aliphatic rings.